The van der Waals surface area contributed by atoms with Gasteiger partial charge in [0, 0.05) is 40.2 Å². The van der Waals surface area contributed by atoms with Gasteiger partial charge in [0.15, 0.2) is 12.2 Å². The van der Waals surface area contributed by atoms with Crippen molar-refractivity contribution in [2.75, 3.05) is 6.61 Å². The molecule has 0 spiro atoms. The third-order valence-corrected chi connectivity index (χ3v) is 7.83. The Morgan fingerprint density at radius 3 is 2.06 bits per heavy atom. The van der Waals surface area contributed by atoms with Crippen LogP contribution in [0.1, 0.15) is 61.9 Å². The summed E-state index contributed by atoms with van der Waals surface area (Å²) in [7, 11) is 0. The lowest BCUT2D eigenvalue weighted by atomic mass is 9.97. The van der Waals surface area contributed by atoms with Crippen LogP contribution in [-0.4, -0.2) is 72.3 Å². The van der Waals surface area contributed by atoms with Gasteiger partial charge >= 0.3 is 29.8 Å². The lowest BCUT2D eigenvalue weighted by Crippen LogP contribution is -2.63. The zero-order valence-electron chi connectivity index (χ0n) is 29.6. The summed E-state index contributed by atoms with van der Waals surface area (Å²) in [5.74, 6) is -3.11. The van der Waals surface area contributed by atoms with E-state index in [1.807, 2.05) is 61.5 Å². The highest BCUT2D eigenvalue weighted by molar-refractivity contribution is 5.70. The highest BCUT2D eigenvalue weighted by atomic mass is 16.7. The van der Waals surface area contributed by atoms with Gasteiger partial charge in [0.2, 0.25) is 12.4 Å². The Morgan fingerprint density at radius 2 is 1.42 bits per heavy atom. The van der Waals surface area contributed by atoms with Gasteiger partial charge in [-0.1, -0.05) is 66.7 Å². The Bertz CT molecular complexity index is 1770. The van der Waals surface area contributed by atoms with Crippen molar-refractivity contribution in [1.29, 1.82) is 0 Å². The van der Waals surface area contributed by atoms with Gasteiger partial charge in [0.25, 0.3) is 0 Å². The standard InChI is InChI=1S/C39H42O13/c1-23-18-28(12-9-13-35(44)45)14-15-30(23)19-31-16-17-32(47-21-29-10-7-6-8-11-29)20-33(31)51-39-38(50-27(5)43)37(49-26(4)42)36(48-25(3)41)34(52-39)22-46-24(2)40/h6-12,14-18,20,34,36-39H,13,19,21-22H2,1-5H3,(H,44,45)/b12-9+/t34-,36-,37+,38-,39-/m1/s1. The maximum absolute atomic E-state index is 12.4. The SMILES string of the molecule is CC(=O)OC[C@H]1O[C@@H](Oc2cc(OCc3ccccc3)ccc2Cc2ccc(/C=C/CC(=O)O)cc2C)[C@H](OC(C)=O)[C@@H](OC(C)=O)[C@@H]1OC(C)=O. The number of ether oxygens (including phenoxy) is 7. The predicted octanol–water partition coefficient (Wildman–Crippen LogP) is 5.11. The molecule has 1 fully saturated rings. The predicted molar refractivity (Wildman–Crippen MR) is 185 cm³/mol. The van der Waals surface area contributed by atoms with Crippen molar-refractivity contribution in [1.82, 2.24) is 0 Å². The topological polar surface area (TPSA) is 170 Å². The van der Waals surface area contributed by atoms with E-state index >= 15 is 0 Å². The molecule has 0 bridgehead atoms. The number of esters is 4. The summed E-state index contributed by atoms with van der Waals surface area (Å²) in [6, 6.07) is 20.5. The Hall–Kier alpha value is -5.69. The molecule has 0 aromatic heterocycles. The van der Waals surface area contributed by atoms with Gasteiger partial charge in [-0.25, -0.2) is 0 Å². The third-order valence-electron chi connectivity index (χ3n) is 7.83. The second kappa shape index (κ2) is 18.5. The number of carbonyl (C=O) groups excluding carboxylic acids is 4. The van der Waals surface area contributed by atoms with E-state index in [4.69, 9.17) is 38.3 Å². The average molecular weight is 719 g/mol. The monoisotopic (exact) mass is 718 g/mol. The van der Waals surface area contributed by atoms with Crippen molar-refractivity contribution in [3.05, 3.63) is 101 Å². The molecule has 1 aliphatic heterocycles. The van der Waals surface area contributed by atoms with Crippen LogP contribution >= 0.6 is 0 Å². The first kappa shape index (κ1) is 39.1. The summed E-state index contributed by atoms with van der Waals surface area (Å²) in [5, 5.41) is 8.97. The van der Waals surface area contributed by atoms with Crippen molar-refractivity contribution < 1.29 is 62.2 Å². The first-order valence-electron chi connectivity index (χ1n) is 16.5. The minimum Gasteiger partial charge on any atom is -0.489 e. The summed E-state index contributed by atoms with van der Waals surface area (Å²) in [4.78, 5) is 59.6. The van der Waals surface area contributed by atoms with Crippen LogP contribution in [0.5, 0.6) is 11.5 Å². The van der Waals surface area contributed by atoms with Crippen LogP contribution in [0.2, 0.25) is 0 Å². The summed E-state index contributed by atoms with van der Waals surface area (Å²) in [5.41, 5.74) is 4.31. The summed E-state index contributed by atoms with van der Waals surface area (Å²) < 4.78 is 40.7. The molecule has 1 heterocycles. The number of rotatable bonds is 15. The third kappa shape index (κ3) is 11.7. The van der Waals surface area contributed by atoms with E-state index in [0.717, 1.165) is 43.0 Å². The highest BCUT2D eigenvalue weighted by Gasteiger charge is 2.53. The smallest absolute Gasteiger partial charge is 0.307 e. The van der Waals surface area contributed by atoms with Crippen LogP contribution in [0.15, 0.2) is 72.8 Å². The van der Waals surface area contributed by atoms with E-state index in [1.165, 1.54) is 6.92 Å². The van der Waals surface area contributed by atoms with Gasteiger partial charge < -0.3 is 38.3 Å². The quantitative estimate of drug-likeness (QED) is 0.163. The van der Waals surface area contributed by atoms with Crippen molar-refractivity contribution in [3.63, 3.8) is 0 Å². The minimum atomic E-state index is -1.45. The van der Waals surface area contributed by atoms with Crippen molar-refractivity contribution in [2.24, 2.45) is 0 Å². The molecule has 5 atom stereocenters. The molecule has 1 N–H and O–H groups in total. The molecule has 1 saturated heterocycles. The van der Waals surface area contributed by atoms with Gasteiger partial charge in [-0.3, -0.25) is 24.0 Å². The van der Waals surface area contributed by atoms with E-state index in [1.54, 1.807) is 24.3 Å². The van der Waals surface area contributed by atoms with E-state index in [9.17, 15) is 24.0 Å². The molecule has 276 valence electrons. The second-order valence-corrected chi connectivity index (χ2v) is 12.1. The maximum Gasteiger partial charge on any atom is 0.307 e. The lowest BCUT2D eigenvalue weighted by molar-refractivity contribution is -0.288. The first-order chi connectivity index (χ1) is 24.8. The molecule has 3 aromatic rings. The number of carboxylic acids is 1. The molecule has 0 amide bonds. The fraction of sp³-hybridized carbons (Fsp3) is 0.359. The molecule has 13 heteroatoms. The number of hydrogen-bond donors (Lipinski definition) is 1. The van der Waals surface area contributed by atoms with Gasteiger partial charge in [0.1, 0.15) is 30.8 Å². The molecule has 0 saturated carbocycles. The minimum absolute atomic E-state index is 0.0978. The van der Waals surface area contributed by atoms with Crippen LogP contribution < -0.4 is 9.47 Å². The normalized spacial score (nSPS) is 19.7. The Balaban J connectivity index is 1.74. The number of aliphatic carboxylic acids is 1. The van der Waals surface area contributed by atoms with Crippen LogP contribution in [0.4, 0.5) is 0 Å². The number of carboxylic acid groups (broad SMARTS) is 1. The zero-order valence-corrected chi connectivity index (χ0v) is 29.6. The molecule has 4 rings (SSSR count). The summed E-state index contributed by atoms with van der Waals surface area (Å²) in [6.45, 7) is 6.42. The largest absolute Gasteiger partial charge is 0.489 e. The van der Waals surface area contributed by atoms with Crippen LogP contribution in [-0.2, 0) is 60.7 Å². The van der Waals surface area contributed by atoms with Gasteiger partial charge in [-0.2, -0.15) is 0 Å². The number of hydrogen-bond acceptors (Lipinski definition) is 12. The van der Waals surface area contributed by atoms with Crippen LogP contribution in [0.3, 0.4) is 0 Å². The molecule has 3 aromatic carbocycles. The molecule has 52 heavy (non-hydrogen) atoms. The average Bonchev–Trinajstić information content (AvgIpc) is 3.07. The molecule has 0 aliphatic carbocycles. The van der Waals surface area contributed by atoms with Crippen molar-refractivity contribution >= 4 is 35.9 Å². The van der Waals surface area contributed by atoms with Crippen LogP contribution in [0.25, 0.3) is 6.08 Å². The fourth-order valence-electron chi connectivity index (χ4n) is 5.55. The molecule has 0 radical (unpaired) electrons. The molecule has 0 unspecified atom stereocenters. The molecule has 1 aliphatic rings. The van der Waals surface area contributed by atoms with Crippen molar-refractivity contribution in [3.8, 4) is 11.5 Å². The van der Waals surface area contributed by atoms with E-state index < -0.39 is 67.2 Å². The maximum atomic E-state index is 12.4. The number of aryl methyl sites for hydroxylation is 1. The Kier molecular flexibility index (Phi) is 13.9. The van der Waals surface area contributed by atoms with Crippen molar-refractivity contribution in [2.45, 2.75) is 84.8 Å². The lowest BCUT2D eigenvalue weighted by Gasteiger charge is -2.44. The zero-order chi connectivity index (χ0) is 37.8. The number of benzene rings is 3. The first-order valence-corrected chi connectivity index (χ1v) is 16.5. The second-order valence-electron chi connectivity index (χ2n) is 12.1. The highest BCUT2D eigenvalue weighted by Crippen LogP contribution is 2.35. The van der Waals surface area contributed by atoms with Crippen LogP contribution in [0, 0.1) is 6.92 Å². The van der Waals surface area contributed by atoms with E-state index in [2.05, 4.69) is 0 Å². The molecular weight excluding hydrogens is 676 g/mol. The molecule has 13 nitrogen and oxygen atoms in total. The van der Waals surface area contributed by atoms with Gasteiger partial charge in [0.05, 0.1) is 6.42 Å². The molecular formula is C39H42O13. The van der Waals surface area contributed by atoms with Gasteiger partial charge in [-0.15, -0.1) is 0 Å². The Morgan fingerprint density at radius 1 is 0.769 bits per heavy atom. The Labute approximate surface area is 301 Å². The summed E-state index contributed by atoms with van der Waals surface area (Å²) >= 11 is 0. The van der Waals surface area contributed by atoms with Gasteiger partial charge in [-0.05, 0) is 40.8 Å². The number of carbonyl (C=O) groups is 5. The summed E-state index contributed by atoms with van der Waals surface area (Å²) in [6.07, 6.45) is -3.24. The fourth-order valence-corrected chi connectivity index (χ4v) is 5.55. The van der Waals surface area contributed by atoms with E-state index in [-0.39, 0.29) is 18.8 Å². The van der Waals surface area contributed by atoms with E-state index in [0.29, 0.717) is 17.7 Å².